The standard InChI is InChI=1S/C14H12N4O6/c19-13-3-1-11(17(21)22)5-9(13)7-15-16-8-10-6-12(18(23)24)2-4-14(10)20/h1-6,19-20H,7-8H2. The monoisotopic (exact) mass is 332 g/mol. The minimum absolute atomic E-state index is 0.108. The number of hydrogen-bond donors (Lipinski definition) is 2. The smallest absolute Gasteiger partial charge is 0.270 e. The average Bonchev–Trinajstić information content (AvgIpc) is 2.54. The van der Waals surface area contributed by atoms with E-state index < -0.39 is 9.85 Å². The Kier molecular flexibility index (Phi) is 5.00. The van der Waals surface area contributed by atoms with Crippen molar-refractivity contribution in [1.82, 2.24) is 0 Å². The summed E-state index contributed by atoms with van der Waals surface area (Å²) in [5, 5.41) is 48.2. The zero-order chi connectivity index (χ0) is 17.7. The lowest BCUT2D eigenvalue weighted by Crippen LogP contribution is -1.91. The molecule has 10 nitrogen and oxygen atoms in total. The summed E-state index contributed by atoms with van der Waals surface area (Å²) >= 11 is 0. The summed E-state index contributed by atoms with van der Waals surface area (Å²) in [5.74, 6) is -0.310. The van der Waals surface area contributed by atoms with Crippen LogP contribution in [0.2, 0.25) is 0 Å². The first-order valence-corrected chi connectivity index (χ1v) is 6.64. The van der Waals surface area contributed by atoms with Gasteiger partial charge in [0.1, 0.15) is 11.5 Å². The van der Waals surface area contributed by atoms with Gasteiger partial charge in [0.25, 0.3) is 11.4 Å². The van der Waals surface area contributed by atoms with Crippen LogP contribution in [-0.4, -0.2) is 20.1 Å². The predicted octanol–water partition coefficient (Wildman–Crippen LogP) is 3.07. The van der Waals surface area contributed by atoms with Gasteiger partial charge in [0.15, 0.2) is 0 Å². The number of hydrogen-bond acceptors (Lipinski definition) is 8. The SMILES string of the molecule is O=[N+]([O-])c1ccc(O)c(CN=NCc2cc([N+](=O)[O-])ccc2O)c1. The molecule has 124 valence electrons. The summed E-state index contributed by atoms with van der Waals surface area (Å²) in [5.41, 5.74) is 0.0658. The van der Waals surface area contributed by atoms with Gasteiger partial charge in [0.2, 0.25) is 0 Å². The van der Waals surface area contributed by atoms with Crippen LogP contribution >= 0.6 is 0 Å². The van der Waals surface area contributed by atoms with Gasteiger partial charge in [-0.05, 0) is 12.1 Å². The van der Waals surface area contributed by atoms with Crippen LogP contribution < -0.4 is 0 Å². The van der Waals surface area contributed by atoms with Crippen molar-refractivity contribution in [3.63, 3.8) is 0 Å². The molecule has 0 aliphatic carbocycles. The predicted molar refractivity (Wildman–Crippen MR) is 81.8 cm³/mol. The average molecular weight is 332 g/mol. The lowest BCUT2D eigenvalue weighted by atomic mass is 10.2. The third-order valence-electron chi connectivity index (χ3n) is 3.13. The second-order valence-electron chi connectivity index (χ2n) is 4.74. The van der Waals surface area contributed by atoms with E-state index in [0.29, 0.717) is 0 Å². The van der Waals surface area contributed by atoms with E-state index in [1.165, 1.54) is 24.3 Å². The Hall–Kier alpha value is -3.56. The highest BCUT2D eigenvalue weighted by atomic mass is 16.6. The van der Waals surface area contributed by atoms with Gasteiger partial charge in [-0.1, -0.05) is 0 Å². The van der Waals surface area contributed by atoms with Crippen LogP contribution in [0, 0.1) is 20.2 Å². The number of benzene rings is 2. The maximum absolute atomic E-state index is 10.7. The molecule has 0 aromatic heterocycles. The molecule has 2 N–H and O–H groups in total. The molecule has 0 heterocycles. The largest absolute Gasteiger partial charge is 0.508 e. The molecule has 0 unspecified atom stereocenters. The van der Waals surface area contributed by atoms with Crippen LogP contribution in [0.3, 0.4) is 0 Å². The molecular formula is C14H12N4O6. The third kappa shape index (κ3) is 4.00. The van der Waals surface area contributed by atoms with Crippen LogP contribution in [0.25, 0.3) is 0 Å². The van der Waals surface area contributed by atoms with Gasteiger partial charge in [-0.15, -0.1) is 0 Å². The number of phenols is 2. The number of nitro benzene ring substituents is 2. The number of rotatable bonds is 6. The Bertz CT molecular complexity index is 753. The van der Waals surface area contributed by atoms with Crippen molar-refractivity contribution in [1.29, 1.82) is 0 Å². The molecule has 0 fully saturated rings. The van der Waals surface area contributed by atoms with Crippen molar-refractivity contribution in [3.8, 4) is 11.5 Å². The lowest BCUT2D eigenvalue weighted by molar-refractivity contribution is -0.385. The number of nitro groups is 2. The van der Waals surface area contributed by atoms with Crippen LogP contribution in [0.15, 0.2) is 46.6 Å². The molecular weight excluding hydrogens is 320 g/mol. The highest BCUT2D eigenvalue weighted by molar-refractivity contribution is 5.43. The maximum Gasteiger partial charge on any atom is 0.270 e. The van der Waals surface area contributed by atoms with Crippen molar-refractivity contribution in [2.45, 2.75) is 13.1 Å². The van der Waals surface area contributed by atoms with Gasteiger partial charge in [-0.25, -0.2) is 0 Å². The lowest BCUT2D eigenvalue weighted by Gasteiger charge is -2.02. The Balaban J connectivity index is 2.08. The van der Waals surface area contributed by atoms with E-state index in [1.54, 1.807) is 0 Å². The van der Waals surface area contributed by atoms with Crippen LogP contribution in [0.1, 0.15) is 11.1 Å². The molecule has 0 saturated heterocycles. The van der Waals surface area contributed by atoms with Gasteiger partial charge in [-0.3, -0.25) is 20.2 Å². The summed E-state index contributed by atoms with van der Waals surface area (Å²) in [6.07, 6.45) is 0. The number of nitrogens with zero attached hydrogens (tertiary/aromatic N) is 4. The van der Waals surface area contributed by atoms with Crippen LogP contribution in [0.5, 0.6) is 11.5 Å². The summed E-state index contributed by atoms with van der Waals surface area (Å²) in [6, 6.07) is 7.07. The summed E-state index contributed by atoms with van der Waals surface area (Å²) < 4.78 is 0. The Morgan fingerprint density at radius 2 is 1.17 bits per heavy atom. The van der Waals surface area contributed by atoms with E-state index in [1.807, 2.05) is 0 Å². The fraction of sp³-hybridized carbons (Fsp3) is 0.143. The fourth-order valence-corrected chi connectivity index (χ4v) is 1.88. The molecule has 10 heteroatoms. The normalized spacial score (nSPS) is 10.8. The Morgan fingerprint density at radius 1 is 0.792 bits per heavy atom. The highest BCUT2D eigenvalue weighted by Crippen LogP contribution is 2.25. The van der Waals surface area contributed by atoms with Gasteiger partial charge in [-0.2, -0.15) is 10.2 Å². The van der Waals surface area contributed by atoms with Crippen molar-refractivity contribution >= 4 is 11.4 Å². The van der Waals surface area contributed by atoms with Crippen molar-refractivity contribution < 1.29 is 20.1 Å². The zero-order valence-electron chi connectivity index (χ0n) is 12.2. The molecule has 2 aromatic carbocycles. The minimum atomic E-state index is -0.596. The van der Waals surface area contributed by atoms with Gasteiger partial charge in [0.05, 0.1) is 22.9 Å². The minimum Gasteiger partial charge on any atom is -0.508 e. The molecule has 0 aliphatic rings. The van der Waals surface area contributed by atoms with E-state index in [-0.39, 0.29) is 47.1 Å². The third-order valence-corrected chi connectivity index (χ3v) is 3.13. The Labute approximate surface area is 135 Å². The van der Waals surface area contributed by atoms with Gasteiger partial charge < -0.3 is 10.2 Å². The molecule has 2 rings (SSSR count). The van der Waals surface area contributed by atoms with Crippen LogP contribution in [-0.2, 0) is 13.1 Å². The van der Waals surface area contributed by atoms with Crippen LogP contribution in [0.4, 0.5) is 11.4 Å². The van der Waals surface area contributed by atoms with Crippen molar-refractivity contribution in [3.05, 3.63) is 67.8 Å². The highest BCUT2D eigenvalue weighted by Gasteiger charge is 2.11. The first-order valence-electron chi connectivity index (χ1n) is 6.64. The first-order chi connectivity index (χ1) is 11.4. The molecule has 0 atom stereocenters. The zero-order valence-corrected chi connectivity index (χ0v) is 12.2. The van der Waals surface area contributed by atoms with Gasteiger partial charge >= 0.3 is 0 Å². The summed E-state index contributed by atoms with van der Waals surface area (Å²) in [6.45, 7) is -0.216. The van der Waals surface area contributed by atoms with Crippen molar-refractivity contribution in [2.24, 2.45) is 10.2 Å². The molecule has 0 saturated carbocycles. The number of azo groups is 1. The molecule has 0 amide bonds. The second-order valence-corrected chi connectivity index (χ2v) is 4.74. The van der Waals surface area contributed by atoms with Gasteiger partial charge in [0, 0.05) is 35.4 Å². The number of phenolic OH excluding ortho intramolecular Hbond substituents is 2. The second kappa shape index (κ2) is 7.13. The topological polar surface area (TPSA) is 151 Å². The van der Waals surface area contributed by atoms with Crippen molar-refractivity contribution in [2.75, 3.05) is 0 Å². The van der Waals surface area contributed by atoms with E-state index in [0.717, 1.165) is 12.1 Å². The molecule has 0 bridgehead atoms. The van der Waals surface area contributed by atoms with E-state index >= 15 is 0 Å². The fourth-order valence-electron chi connectivity index (χ4n) is 1.88. The molecule has 0 spiro atoms. The maximum atomic E-state index is 10.7. The summed E-state index contributed by atoms with van der Waals surface area (Å²) in [4.78, 5) is 20.2. The molecule has 24 heavy (non-hydrogen) atoms. The first kappa shape index (κ1) is 16.8. The number of non-ortho nitro benzene ring substituents is 2. The molecule has 0 radical (unpaired) electrons. The molecule has 2 aromatic rings. The number of aromatic hydroxyl groups is 2. The van der Waals surface area contributed by atoms with E-state index in [4.69, 9.17) is 0 Å². The Morgan fingerprint density at radius 3 is 1.50 bits per heavy atom. The van der Waals surface area contributed by atoms with E-state index in [9.17, 15) is 30.4 Å². The molecule has 0 aliphatic heterocycles. The quantitative estimate of drug-likeness (QED) is 0.471. The summed E-state index contributed by atoms with van der Waals surface area (Å²) in [7, 11) is 0. The van der Waals surface area contributed by atoms with E-state index in [2.05, 4.69) is 10.2 Å².